The van der Waals surface area contributed by atoms with Crippen LogP contribution in [0.1, 0.15) is 10.4 Å². The Morgan fingerprint density at radius 2 is 1.84 bits per heavy atom. The largest absolute Gasteiger partial charge is 0.550 e. The first-order valence-electron chi connectivity index (χ1n) is 7.22. The Balaban J connectivity index is 1.63. The van der Waals surface area contributed by atoms with Gasteiger partial charge in [0.15, 0.2) is 12.2 Å². The number of esters is 2. The van der Waals surface area contributed by atoms with Gasteiger partial charge >= 0.3 is 11.9 Å². The zero-order valence-electron chi connectivity index (χ0n) is 12.1. The van der Waals surface area contributed by atoms with Gasteiger partial charge in [-0.05, 0) is 79.9 Å². The minimum absolute atomic E-state index is 0.380. The lowest BCUT2D eigenvalue weighted by molar-refractivity contribution is -0.314. The van der Waals surface area contributed by atoms with Gasteiger partial charge in [0.05, 0.1) is 11.5 Å². The van der Waals surface area contributed by atoms with E-state index in [-0.39, 0.29) is 0 Å². The summed E-state index contributed by atoms with van der Waals surface area (Å²) in [5.74, 6) is -4.67. The van der Waals surface area contributed by atoms with Gasteiger partial charge in [-0.3, -0.25) is 4.79 Å². The van der Waals surface area contributed by atoms with Gasteiger partial charge in [-0.2, -0.15) is 0 Å². The van der Waals surface area contributed by atoms with Crippen molar-refractivity contribution in [2.45, 2.75) is 24.4 Å². The molecule has 1 aromatic rings. The van der Waals surface area contributed by atoms with E-state index < -0.39 is 54.2 Å². The maximum absolute atomic E-state index is 12.6. The van der Waals surface area contributed by atoms with Crippen LogP contribution in [-0.2, 0) is 23.8 Å². The van der Waals surface area contributed by atoms with Crippen molar-refractivity contribution < 1.29 is 33.7 Å². The second kappa shape index (κ2) is 6.44. The third kappa shape index (κ3) is 2.77. The normalized spacial score (nSPS) is 34.9. The number of halogens is 3. The Hall–Kier alpha value is -0.220. The molecular weight excluding hydrogens is 673 g/mol. The monoisotopic (exact) mass is 681 g/mol. The lowest BCUT2D eigenvalue weighted by atomic mass is 9.78. The van der Waals surface area contributed by atoms with E-state index in [2.05, 4.69) is 67.8 Å². The van der Waals surface area contributed by atoms with Gasteiger partial charge in [-0.25, -0.2) is 4.79 Å². The topological polar surface area (TPSA) is 102 Å². The van der Waals surface area contributed by atoms with Gasteiger partial charge < -0.3 is 24.1 Å². The van der Waals surface area contributed by atoms with Crippen molar-refractivity contribution in [2.75, 3.05) is 0 Å². The lowest BCUT2D eigenvalue weighted by Gasteiger charge is -2.28. The van der Waals surface area contributed by atoms with E-state index in [1.54, 1.807) is 6.07 Å². The highest BCUT2D eigenvalue weighted by molar-refractivity contribution is 14.1. The number of carboxylic acid groups (broad SMARTS) is 1. The van der Waals surface area contributed by atoms with E-state index in [9.17, 15) is 19.5 Å². The van der Waals surface area contributed by atoms with Crippen LogP contribution in [-0.4, -0.2) is 42.3 Å². The number of fused-ring (bicyclic) bond motifs is 1. The Morgan fingerprint density at radius 1 is 1.12 bits per heavy atom. The summed E-state index contributed by atoms with van der Waals surface area (Å²) in [5.41, 5.74) is 0.380. The van der Waals surface area contributed by atoms with Crippen LogP contribution < -0.4 is 5.11 Å². The minimum Gasteiger partial charge on any atom is -0.550 e. The summed E-state index contributed by atoms with van der Waals surface area (Å²) in [4.78, 5) is 36.0. The number of ether oxygens (including phenoxy) is 3. The van der Waals surface area contributed by atoms with Gasteiger partial charge in [0.1, 0.15) is 12.2 Å². The highest BCUT2D eigenvalue weighted by Gasteiger charge is 2.70. The van der Waals surface area contributed by atoms with E-state index in [1.165, 1.54) is 0 Å². The smallest absolute Gasteiger partial charge is 0.339 e. The zero-order chi connectivity index (χ0) is 18.0. The summed E-state index contributed by atoms with van der Waals surface area (Å²) < 4.78 is 18.8. The molecule has 0 spiro atoms. The van der Waals surface area contributed by atoms with Crippen LogP contribution in [0.3, 0.4) is 0 Å². The maximum atomic E-state index is 12.6. The van der Waals surface area contributed by atoms with E-state index in [0.717, 1.165) is 10.7 Å². The Labute approximate surface area is 182 Å². The van der Waals surface area contributed by atoms with E-state index in [4.69, 9.17) is 14.2 Å². The number of aliphatic carboxylic acids is 1. The van der Waals surface area contributed by atoms with Crippen LogP contribution in [0.4, 0.5) is 0 Å². The molecule has 0 amide bonds. The number of carboxylic acids is 1. The van der Waals surface area contributed by atoms with E-state index in [1.807, 2.05) is 6.07 Å². The molecule has 0 N–H and O–H groups in total. The molecule has 3 aliphatic heterocycles. The third-order valence-electron chi connectivity index (χ3n) is 4.63. The highest BCUT2D eigenvalue weighted by Crippen LogP contribution is 2.51. The van der Waals surface area contributed by atoms with Crippen molar-refractivity contribution in [1.82, 2.24) is 0 Å². The molecule has 4 rings (SSSR count). The van der Waals surface area contributed by atoms with Crippen molar-refractivity contribution in [1.29, 1.82) is 0 Å². The van der Waals surface area contributed by atoms with Crippen LogP contribution >= 0.6 is 67.8 Å². The summed E-state index contributed by atoms with van der Waals surface area (Å²) in [6, 6.07) is 3.62. The SMILES string of the molecule is O=C(OC1C2OC(=O)C3C2OC1C3C(=O)[O-])c1cc(I)cc(I)c1I. The van der Waals surface area contributed by atoms with Crippen molar-refractivity contribution in [3.8, 4) is 0 Å². The summed E-state index contributed by atoms with van der Waals surface area (Å²) in [5, 5.41) is 11.4. The molecule has 3 fully saturated rings. The molecule has 6 unspecified atom stereocenters. The third-order valence-corrected chi connectivity index (χ3v) is 8.30. The second-order valence-electron chi connectivity index (χ2n) is 5.96. The van der Waals surface area contributed by atoms with E-state index >= 15 is 0 Å². The average molecular weight is 681 g/mol. The Kier molecular flexibility index (Phi) is 4.68. The van der Waals surface area contributed by atoms with E-state index in [0.29, 0.717) is 5.56 Å². The van der Waals surface area contributed by atoms with Crippen LogP contribution in [0, 0.1) is 22.5 Å². The summed E-state index contributed by atoms with van der Waals surface area (Å²) in [6.07, 6.45) is -3.34. The fraction of sp³-hybridized carbons (Fsp3) is 0.400. The molecule has 3 aliphatic rings. The highest BCUT2D eigenvalue weighted by atomic mass is 127. The number of hydrogen-bond acceptors (Lipinski definition) is 7. The lowest BCUT2D eigenvalue weighted by Crippen LogP contribution is -2.51. The second-order valence-corrected chi connectivity index (χ2v) is 9.44. The summed E-state index contributed by atoms with van der Waals surface area (Å²) in [7, 11) is 0. The predicted octanol–water partition coefficient (Wildman–Crippen LogP) is 0.715. The molecule has 7 nitrogen and oxygen atoms in total. The van der Waals surface area contributed by atoms with Gasteiger partial charge in [-0.15, -0.1) is 0 Å². The standard InChI is InChI=1S/C15H9I3O7/c16-3-1-4(8(18)5(17)2-3)14(21)24-11-9-6(13(19)20)7-10(23-9)12(11)25-15(7)22/h1-2,6-7,9-12H,(H,19,20)/p-1. The number of hydrogen-bond donors (Lipinski definition) is 0. The molecule has 0 aromatic heterocycles. The molecule has 0 radical (unpaired) electrons. The first-order chi connectivity index (χ1) is 11.8. The molecule has 132 valence electrons. The quantitative estimate of drug-likeness (QED) is 0.264. The van der Waals surface area contributed by atoms with Crippen LogP contribution in [0.2, 0.25) is 0 Å². The zero-order valence-corrected chi connectivity index (χ0v) is 18.6. The van der Waals surface area contributed by atoms with Gasteiger partial charge in [0.2, 0.25) is 0 Å². The molecule has 10 heteroatoms. The molecule has 3 heterocycles. The summed E-state index contributed by atoms with van der Waals surface area (Å²) >= 11 is 6.28. The fourth-order valence-corrected chi connectivity index (χ4v) is 6.01. The van der Waals surface area contributed by atoms with Crippen LogP contribution in [0.5, 0.6) is 0 Å². The first-order valence-corrected chi connectivity index (χ1v) is 10.5. The van der Waals surface area contributed by atoms with Crippen molar-refractivity contribution in [3.05, 3.63) is 28.4 Å². The van der Waals surface area contributed by atoms with Gasteiger partial charge in [0.25, 0.3) is 0 Å². The van der Waals surface area contributed by atoms with Gasteiger partial charge in [-0.1, -0.05) is 0 Å². The minimum atomic E-state index is -1.39. The van der Waals surface area contributed by atoms with Crippen LogP contribution in [0.25, 0.3) is 0 Å². The molecule has 3 saturated heterocycles. The maximum Gasteiger partial charge on any atom is 0.339 e. The Morgan fingerprint density at radius 3 is 2.52 bits per heavy atom. The first kappa shape index (κ1) is 18.2. The number of rotatable bonds is 3. The Bertz CT molecular complexity index is 811. The number of benzene rings is 1. The number of carbonyl (C=O) groups excluding carboxylic acids is 3. The van der Waals surface area contributed by atoms with Crippen molar-refractivity contribution >= 4 is 85.7 Å². The molecule has 6 atom stereocenters. The van der Waals surface area contributed by atoms with Crippen LogP contribution in [0.15, 0.2) is 12.1 Å². The molecule has 25 heavy (non-hydrogen) atoms. The molecule has 1 aromatic carbocycles. The summed E-state index contributed by atoms with van der Waals surface area (Å²) in [6.45, 7) is 0. The molecule has 0 aliphatic carbocycles. The molecule has 2 bridgehead atoms. The number of carbonyl (C=O) groups is 3. The molecular formula is C15H8I3O7-. The fourth-order valence-electron chi connectivity index (χ4n) is 3.63. The average Bonchev–Trinajstić information content (AvgIpc) is 3.13. The molecule has 0 saturated carbocycles. The van der Waals surface area contributed by atoms with Crippen molar-refractivity contribution in [3.63, 3.8) is 0 Å². The van der Waals surface area contributed by atoms with Crippen molar-refractivity contribution in [2.24, 2.45) is 11.8 Å². The van der Waals surface area contributed by atoms with Gasteiger partial charge in [0, 0.05) is 22.6 Å². The predicted molar refractivity (Wildman–Crippen MR) is 104 cm³/mol.